The Labute approximate surface area is 178 Å². The number of aryl methyl sites for hydroxylation is 3. The highest BCUT2D eigenvalue weighted by molar-refractivity contribution is 5.97. The first-order valence-corrected chi connectivity index (χ1v) is 10.1. The first-order chi connectivity index (χ1) is 14.4. The number of methoxy groups -OCH3 is 1. The fraction of sp³-hybridized carbons (Fsp3) is 0.269. The Morgan fingerprint density at radius 2 is 1.53 bits per heavy atom. The van der Waals surface area contributed by atoms with Gasteiger partial charge >= 0.3 is 0 Å². The predicted octanol–water partition coefficient (Wildman–Crippen LogP) is 5.48. The van der Waals surface area contributed by atoms with Crippen LogP contribution >= 0.6 is 0 Å². The zero-order chi connectivity index (χ0) is 21.7. The minimum Gasteiger partial charge on any atom is -0.496 e. The Hall–Kier alpha value is -3.27. The largest absolute Gasteiger partial charge is 0.496 e. The summed E-state index contributed by atoms with van der Waals surface area (Å²) >= 11 is 0. The highest BCUT2D eigenvalue weighted by Crippen LogP contribution is 2.28. The highest BCUT2D eigenvalue weighted by Gasteiger charge is 2.20. The summed E-state index contributed by atoms with van der Waals surface area (Å²) in [6, 6.07) is 19.4. The van der Waals surface area contributed by atoms with E-state index in [0.29, 0.717) is 6.61 Å². The average molecular weight is 404 g/mol. The van der Waals surface area contributed by atoms with Gasteiger partial charge in [0.2, 0.25) is 0 Å². The van der Waals surface area contributed by atoms with Crippen LogP contribution in [0.3, 0.4) is 0 Å². The number of rotatable bonds is 7. The maximum absolute atomic E-state index is 13.2. The molecule has 0 aromatic heterocycles. The summed E-state index contributed by atoms with van der Waals surface area (Å²) in [5, 5.41) is 3.17. The van der Waals surface area contributed by atoms with Gasteiger partial charge in [-0.25, -0.2) is 0 Å². The second-order valence-corrected chi connectivity index (χ2v) is 7.60. The van der Waals surface area contributed by atoms with Gasteiger partial charge in [0.15, 0.2) is 0 Å². The minimum atomic E-state index is -0.288. The van der Waals surface area contributed by atoms with Gasteiger partial charge in [-0.3, -0.25) is 4.79 Å². The van der Waals surface area contributed by atoms with Gasteiger partial charge < -0.3 is 14.8 Å². The fourth-order valence-corrected chi connectivity index (χ4v) is 3.82. The summed E-state index contributed by atoms with van der Waals surface area (Å²) < 4.78 is 11.5. The van der Waals surface area contributed by atoms with Crippen molar-refractivity contribution in [2.24, 2.45) is 0 Å². The predicted molar refractivity (Wildman–Crippen MR) is 121 cm³/mol. The SMILES string of the molecule is COc1cccc(OCC(NC(=O)c2c(C)cc(C)cc2C)c2ccccc2)c1C. The third-order valence-corrected chi connectivity index (χ3v) is 5.27. The molecule has 0 radical (unpaired) electrons. The molecule has 0 bridgehead atoms. The van der Waals surface area contributed by atoms with E-state index in [-0.39, 0.29) is 11.9 Å². The normalized spacial score (nSPS) is 11.6. The molecule has 1 amide bonds. The molecule has 4 nitrogen and oxygen atoms in total. The van der Waals surface area contributed by atoms with Crippen molar-refractivity contribution in [2.75, 3.05) is 13.7 Å². The molecule has 3 rings (SSSR count). The number of ether oxygens (including phenoxy) is 2. The molecule has 0 aliphatic carbocycles. The van der Waals surface area contributed by atoms with Gasteiger partial charge in [0.1, 0.15) is 18.1 Å². The second-order valence-electron chi connectivity index (χ2n) is 7.60. The van der Waals surface area contributed by atoms with Crippen LogP contribution in [0.15, 0.2) is 60.7 Å². The van der Waals surface area contributed by atoms with Crippen LogP contribution in [-0.2, 0) is 0 Å². The van der Waals surface area contributed by atoms with Crippen LogP contribution in [0, 0.1) is 27.7 Å². The molecule has 0 aliphatic rings. The van der Waals surface area contributed by atoms with Gasteiger partial charge in [0.05, 0.1) is 13.2 Å². The Morgan fingerprint density at radius 1 is 0.900 bits per heavy atom. The van der Waals surface area contributed by atoms with E-state index in [2.05, 4.69) is 5.32 Å². The van der Waals surface area contributed by atoms with Crippen LogP contribution in [0.5, 0.6) is 11.5 Å². The molecule has 3 aromatic rings. The Bertz CT molecular complexity index is 1000. The van der Waals surface area contributed by atoms with E-state index in [4.69, 9.17) is 9.47 Å². The number of hydrogen-bond acceptors (Lipinski definition) is 3. The van der Waals surface area contributed by atoms with Crippen LogP contribution in [0.25, 0.3) is 0 Å². The van der Waals surface area contributed by atoms with Gasteiger partial charge in [0.25, 0.3) is 5.91 Å². The summed E-state index contributed by atoms with van der Waals surface area (Å²) in [5.74, 6) is 1.43. The molecule has 0 fully saturated rings. The molecular formula is C26H29NO3. The molecule has 0 spiro atoms. The van der Waals surface area contributed by atoms with Crippen molar-refractivity contribution in [1.82, 2.24) is 5.32 Å². The smallest absolute Gasteiger partial charge is 0.252 e. The van der Waals surface area contributed by atoms with Crippen LogP contribution < -0.4 is 14.8 Å². The van der Waals surface area contributed by atoms with Crippen molar-refractivity contribution >= 4 is 5.91 Å². The third kappa shape index (κ3) is 4.82. The minimum absolute atomic E-state index is 0.0928. The molecule has 0 saturated carbocycles. The third-order valence-electron chi connectivity index (χ3n) is 5.27. The van der Waals surface area contributed by atoms with Gasteiger partial charge in [-0.05, 0) is 56.5 Å². The van der Waals surface area contributed by atoms with Crippen LogP contribution in [0.2, 0.25) is 0 Å². The number of benzene rings is 3. The molecule has 0 saturated heterocycles. The summed E-state index contributed by atoms with van der Waals surface area (Å²) in [6.45, 7) is 8.26. The molecule has 4 heteroatoms. The quantitative estimate of drug-likeness (QED) is 0.568. The Balaban J connectivity index is 1.85. The number of carbonyl (C=O) groups excluding carboxylic acids is 1. The molecule has 1 N–H and O–H groups in total. The Kier molecular flexibility index (Phi) is 6.78. The maximum Gasteiger partial charge on any atom is 0.252 e. The lowest BCUT2D eigenvalue weighted by Gasteiger charge is -2.22. The maximum atomic E-state index is 13.2. The van der Waals surface area contributed by atoms with E-state index in [1.165, 1.54) is 0 Å². The van der Waals surface area contributed by atoms with Crippen molar-refractivity contribution in [3.63, 3.8) is 0 Å². The molecule has 1 unspecified atom stereocenters. The Morgan fingerprint density at radius 3 is 2.17 bits per heavy atom. The fourth-order valence-electron chi connectivity index (χ4n) is 3.82. The monoisotopic (exact) mass is 403 g/mol. The van der Waals surface area contributed by atoms with Gasteiger partial charge in [0, 0.05) is 11.1 Å². The van der Waals surface area contributed by atoms with Crippen molar-refractivity contribution in [1.29, 1.82) is 0 Å². The van der Waals surface area contributed by atoms with Crippen molar-refractivity contribution < 1.29 is 14.3 Å². The van der Waals surface area contributed by atoms with E-state index in [9.17, 15) is 4.79 Å². The molecular weight excluding hydrogens is 374 g/mol. The van der Waals surface area contributed by atoms with E-state index < -0.39 is 0 Å². The van der Waals surface area contributed by atoms with Crippen molar-refractivity contribution in [3.05, 3.63) is 94.0 Å². The first kappa shape index (κ1) is 21.4. The average Bonchev–Trinajstić information content (AvgIpc) is 2.72. The summed E-state index contributed by atoms with van der Waals surface area (Å²) in [6.07, 6.45) is 0. The summed E-state index contributed by atoms with van der Waals surface area (Å²) in [5.41, 5.74) is 5.75. The van der Waals surface area contributed by atoms with Crippen molar-refractivity contribution in [3.8, 4) is 11.5 Å². The molecule has 3 aromatic carbocycles. The molecule has 0 heterocycles. The van der Waals surface area contributed by atoms with Gasteiger partial charge in [-0.15, -0.1) is 0 Å². The van der Waals surface area contributed by atoms with Gasteiger partial charge in [-0.2, -0.15) is 0 Å². The first-order valence-electron chi connectivity index (χ1n) is 10.1. The van der Waals surface area contributed by atoms with E-state index >= 15 is 0 Å². The zero-order valence-corrected chi connectivity index (χ0v) is 18.3. The number of hydrogen-bond donors (Lipinski definition) is 1. The van der Waals surface area contributed by atoms with Crippen LogP contribution in [0.1, 0.15) is 44.2 Å². The van der Waals surface area contributed by atoms with Crippen LogP contribution in [-0.4, -0.2) is 19.6 Å². The standard InChI is InChI=1S/C26H29NO3/c1-17-14-18(2)25(19(3)15-17)26(28)27-22(21-10-7-6-8-11-21)16-30-24-13-9-12-23(29-5)20(24)4/h6-15,22H,16H2,1-5H3,(H,27,28). The lowest BCUT2D eigenvalue weighted by molar-refractivity contribution is 0.0920. The molecule has 1 atom stereocenters. The molecule has 156 valence electrons. The molecule has 30 heavy (non-hydrogen) atoms. The highest BCUT2D eigenvalue weighted by atomic mass is 16.5. The van der Waals surface area contributed by atoms with E-state index in [1.54, 1.807) is 7.11 Å². The van der Waals surface area contributed by atoms with E-state index in [0.717, 1.165) is 44.9 Å². The number of carbonyl (C=O) groups is 1. The van der Waals surface area contributed by atoms with Crippen molar-refractivity contribution in [2.45, 2.75) is 33.7 Å². The molecule has 0 aliphatic heterocycles. The van der Waals surface area contributed by atoms with E-state index in [1.807, 2.05) is 88.4 Å². The summed E-state index contributed by atoms with van der Waals surface area (Å²) in [4.78, 5) is 13.2. The van der Waals surface area contributed by atoms with Gasteiger partial charge in [-0.1, -0.05) is 54.1 Å². The zero-order valence-electron chi connectivity index (χ0n) is 18.3. The van der Waals surface area contributed by atoms with Crippen LogP contribution in [0.4, 0.5) is 0 Å². The second kappa shape index (κ2) is 9.49. The summed E-state index contributed by atoms with van der Waals surface area (Å²) in [7, 11) is 1.64. The lowest BCUT2D eigenvalue weighted by atomic mass is 9.98. The number of nitrogens with one attached hydrogen (secondary N) is 1. The number of amides is 1. The topological polar surface area (TPSA) is 47.6 Å². The lowest BCUT2D eigenvalue weighted by Crippen LogP contribution is -2.33.